The second-order valence-electron chi connectivity index (χ2n) is 5.64. The molecule has 2 rings (SSSR count). The Balaban J connectivity index is 1.86. The van der Waals surface area contributed by atoms with Gasteiger partial charge in [-0.15, -0.1) is 0 Å². The third kappa shape index (κ3) is 5.54. The number of nitrogens with one attached hydrogen (secondary N) is 2. The molecule has 0 aromatic heterocycles. The van der Waals surface area contributed by atoms with Crippen molar-refractivity contribution in [3.63, 3.8) is 0 Å². The predicted octanol–water partition coefficient (Wildman–Crippen LogP) is 0.781. The van der Waals surface area contributed by atoms with Crippen LogP contribution >= 0.6 is 0 Å². The summed E-state index contributed by atoms with van der Waals surface area (Å²) >= 11 is 0. The van der Waals surface area contributed by atoms with Gasteiger partial charge in [-0.1, -0.05) is 12.1 Å². The largest absolute Gasteiger partial charge is 0.334 e. The van der Waals surface area contributed by atoms with Gasteiger partial charge in [0.05, 0.1) is 17.9 Å². The minimum Gasteiger partial charge on any atom is -0.334 e. The number of hydrogen-bond donors (Lipinski definition) is 2. The van der Waals surface area contributed by atoms with Gasteiger partial charge in [0.1, 0.15) is 0 Å². The van der Waals surface area contributed by atoms with E-state index >= 15 is 0 Å². The molecule has 124 valence electrons. The van der Waals surface area contributed by atoms with Crippen molar-refractivity contribution < 1.29 is 13.2 Å². The molecular formula is C15H20N4O3S. The Morgan fingerprint density at radius 2 is 2.09 bits per heavy atom. The van der Waals surface area contributed by atoms with Crippen LogP contribution in [0.2, 0.25) is 0 Å². The molecule has 2 amide bonds. The zero-order valence-corrected chi connectivity index (χ0v) is 13.8. The molecule has 2 N–H and O–H groups in total. The molecule has 1 aliphatic rings. The predicted molar refractivity (Wildman–Crippen MR) is 86.0 cm³/mol. The maximum atomic E-state index is 12.2. The van der Waals surface area contributed by atoms with Gasteiger partial charge in [0.2, 0.25) is 10.0 Å². The highest BCUT2D eigenvalue weighted by molar-refractivity contribution is 7.88. The normalized spacial score (nSPS) is 18.3. The fourth-order valence-electron chi connectivity index (χ4n) is 2.55. The fraction of sp³-hybridized carbons (Fsp3) is 0.467. The van der Waals surface area contributed by atoms with Crippen molar-refractivity contribution in [1.29, 1.82) is 5.26 Å². The maximum absolute atomic E-state index is 12.2. The van der Waals surface area contributed by atoms with Crippen LogP contribution < -0.4 is 10.0 Å². The van der Waals surface area contributed by atoms with Crippen molar-refractivity contribution in [1.82, 2.24) is 14.9 Å². The van der Waals surface area contributed by atoms with Gasteiger partial charge in [-0.2, -0.15) is 5.26 Å². The number of benzene rings is 1. The first-order valence-corrected chi connectivity index (χ1v) is 9.25. The van der Waals surface area contributed by atoms with E-state index in [1.54, 1.807) is 29.2 Å². The first kappa shape index (κ1) is 17.2. The van der Waals surface area contributed by atoms with Crippen molar-refractivity contribution in [2.75, 3.05) is 19.3 Å². The van der Waals surface area contributed by atoms with Crippen molar-refractivity contribution in [2.24, 2.45) is 0 Å². The molecule has 0 unspecified atom stereocenters. The maximum Gasteiger partial charge on any atom is 0.317 e. The van der Waals surface area contributed by atoms with Gasteiger partial charge >= 0.3 is 6.03 Å². The van der Waals surface area contributed by atoms with Crippen LogP contribution in [-0.4, -0.2) is 44.7 Å². The van der Waals surface area contributed by atoms with Crippen LogP contribution in [0.25, 0.3) is 0 Å². The van der Waals surface area contributed by atoms with Crippen LogP contribution in [0.4, 0.5) is 4.79 Å². The number of hydrogen-bond acceptors (Lipinski definition) is 4. The van der Waals surface area contributed by atoms with Gasteiger partial charge in [-0.05, 0) is 30.5 Å². The topological polar surface area (TPSA) is 102 Å². The standard InChI is InChI=1S/C15H20N4O3S/c1-23(21,22)18-14-3-2-8-19(11-14)15(20)17-10-13-6-4-12(9-16)5-7-13/h4-7,14,18H,2-3,8,10-11H2,1H3,(H,17,20)/t14-/m0/s1. The molecule has 1 atom stereocenters. The summed E-state index contributed by atoms with van der Waals surface area (Å²) in [5, 5.41) is 11.6. The van der Waals surface area contributed by atoms with E-state index in [-0.39, 0.29) is 12.1 Å². The van der Waals surface area contributed by atoms with E-state index in [0.29, 0.717) is 25.2 Å². The number of likely N-dealkylation sites (tertiary alicyclic amines) is 1. The van der Waals surface area contributed by atoms with Gasteiger partial charge in [-0.25, -0.2) is 17.9 Å². The van der Waals surface area contributed by atoms with Gasteiger partial charge < -0.3 is 10.2 Å². The molecule has 1 aromatic rings. The van der Waals surface area contributed by atoms with Crippen LogP contribution in [0.3, 0.4) is 0 Å². The van der Waals surface area contributed by atoms with E-state index in [1.807, 2.05) is 6.07 Å². The summed E-state index contributed by atoms with van der Waals surface area (Å²) in [7, 11) is -3.27. The lowest BCUT2D eigenvalue weighted by atomic mass is 10.1. The Kier molecular flexibility index (Phi) is 5.58. The molecular weight excluding hydrogens is 316 g/mol. The zero-order valence-electron chi connectivity index (χ0n) is 12.9. The number of nitriles is 1. The quantitative estimate of drug-likeness (QED) is 0.848. The Bertz CT molecular complexity index is 694. The molecule has 0 saturated carbocycles. The zero-order chi connectivity index (χ0) is 16.9. The van der Waals surface area contributed by atoms with Gasteiger partial charge in [0, 0.05) is 25.7 Å². The monoisotopic (exact) mass is 336 g/mol. The number of nitrogens with zero attached hydrogens (tertiary/aromatic N) is 2. The molecule has 0 bridgehead atoms. The summed E-state index contributed by atoms with van der Waals surface area (Å²) in [6.07, 6.45) is 2.61. The second kappa shape index (κ2) is 7.44. The highest BCUT2D eigenvalue weighted by Gasteiger charge is 2.25. The van der Waals surface area contributed by atoms with Crippen LogP contribution in [0.1, 0.15) is 24.0 Å². The highest BCUT2D eigenvalue weighted by Crippen LogP contribution is 2.11. The van der Waals surface area contributed by atoms with Crippen LogP contribution in [0, 0.1) is 11.3 Å². The second-order valence-corrected chi connectivity index (χ2v) is 7.42. The number of carbonyl (C=O) groups excluding carboxylic acids is 1. The SMILES string of the molecule is CS(=O)(=O)N[C@H]1CCCN(C(=O)NCc2ccc(C#N)cc2)C1. The lowest BCUT2D eigenvalue weighted by Crippen LogP contribution is -2.51. The highest BCUT2D eigenvalue weighted by atomic mass is 32.2. The summed E-state index contributed by atoms with van der Waals surface area (Å²) in [5.74, 6) is 0. The molecule has 0 spiro atoms. The molecule has 0 radical (unpaired) electrons. The fourth-order valence-corrected chi connectivity index (χ4v) is 3.35. The third-order valence-corrected chi connectivity index (χ3v) is 4.38. The van der Waals surface area contributed by atoms with Crippen LogP contribution in [-0.2, 0) is 16.6 Å². The molecule has 1 aromatic carbocycles. The first-order valence-electron chi connectivity index (χ1n) is 7.36. The van der Waals surface area contributed by atoms with Gasteiger partial charge in [0.15, 0.2) is 0 Å². The van der Waals surface area contributed by atoms with Crippen LogP contribution in [0.15, 0.2) is 24.3 Å². The van der Waals surface area contributed by atoms with Crippen molar-refractivity contribution >= 4 is 16.1 Å². The van der Waals surface area contributed by atoms with E-state index in [9.17, 15) is 13.2 Å². The summed E-state index contributed by atoms with van der Waals surface area (Å²) in [6, 6.07) is 8.59. The molecule has 7 nitrogen and oxygen atoms in total. The summed E-state index contributed by atoms with van der Waals surface area (Å²) in [6.45, 7) is 1.35. The average Bonchev–Trinajstić information content (AvgIpc) is 2.51. The summed E-state index contributed by atoms with van der Waals surface area (Å²) < 4.78 is 25.1. The van der Waals surface area contributed by atoms with E-state index in [1.165, 1.54) is 0 Å². The van der Waals surface area contributed by atoms with E-state index in [0.717, 1.165) is 24.7 Å². The molecule has 1 aliphatic heterocycles. The smallest absolute Gasteiger partial charge is 0.317 e. The average molecular weight is 336 g/mol. The number of sulfonamides is 1. The van der Waals surface area contributed by atoms with Gasteiger partial charge in [-0.3, -0.25) is 0 Å². The van der Waals surface area contributed by atoms with Crippen molar-refractivity contribution in [3.8, 4) is 6.07 Å². The molecule has 1 heterocycles. The number of carbonyl (C=O) groups is 1. The van der Waals surface area contributed by atoms with E-state index < -0.39 is 10.0 Å². The number of rotatable bonds is 4. The number of piperidine rings is 1. The summed E-state index contributed by atoms with van der Waals surface area (Å²) in [5.41, 5.74) is 1.48. The van der Waals surface area contributed by atoms with Crippen molar-refractivity contribution in [3.05, 3.63) is 35.4 Å². The van der Waals surface area contributed by atoms with E-state index in [2.05, 4.69) is 10.0 Å². The Labute approximate surface area is 136 Å². The first-order chi connectivity index (χ1) is 10.9. The molecule has 1 fully saturated rings. The van der Waals surface area contributed by atoms with Crippen LogP contribution in [0.5, 0.6) is 0 Å². The summed E-state index contributed by atoms with van der Waals surface area (Å²) in [4.78, 5) is 13.8. The minimum atomic E-state index is -3.27. The van der Waals surface area contributed by atoms with E-state index in [4.69, 9.17) is 5.26 Å². The minimum absolute atomic E-state index is 0.214. The molecule has 0 aliphatic carbocycles. The Morgan fingerprint density at radius 3 is 2.70 bits per heavy atom. The Hall–Kier alpha value is -2.11. The number of urea groups is 1. The number of amides is 2. The van der Waals surface area contributed by atoms with Crippen molar-refractivity contribution in [2.45, 2.75) is 25.4 Å². The lowest BCUT2D eigenvalue weighted by Gasteiger charge is -2.32. The van der Waals surface area contributed by atoms with Gasteiger partial charge in [0.25, 0.3) is 0 Å². The third-order valence-electron chi connectivity index (χ3n) is 3.62. The molecule has 8 heteroatoms. The Morgan fingerprint density at radius 1 is 1.39 bits per heavy atom. The molecule has 23 heavy (non-hydrogen) atoms. The lowest BCUT2D eigenvalue weighted by molar-refractivity contribution is 0.177. The molecule has 1 saturated heterocycles.